The maximum absolute atomic E-state index is 11.1. The fourth-order valence-corrected chi connectivity index (χ4v) is 2.78. The molecule has 0 aliphatic carbocycles. The van der Waals surface area contributed by atoms with Gasteiger partial charge in [0.05, 0.1) is 5.02 Å². The van der Waals surface area contributed by atoms with Crippen molar-refractivity contribution in [2.24, 2.45) is 0 Å². The average molecular weight is 413 g/mol. The molecule has 150 valence electrons. The lowest BCUT2D eigenvalue weighted by molar-refractivity contribution is -0.123. The van der Waals surface area contributed by atoms with Crippen LogP contribution >= 0.6 is 11.6 Å². The van der Waals surface area contributed by atoms with E-state index in [1.54, 1.807) is 12.4 Å². The molecule has 3 rings (SSSR count). The van der Waals surface area contributed by atoms with Gasteiger partial charge in [0.15, 0.2) is 0 Å². The second-order valence-corrected chi connectivity index (χ2v) is 6.89. The predicted octanol–water partition coefficient (Wildman–Crippen LogP) is 3.02. The Bertz CT molecular complexity index is 963. The van der Waals surface area contributed by atoms with Crippen molar-refractivity contribution in [1.82, 2.24) is 20.3 Å². The van der Waals surface area contributed by atoms with Gasteiger partial charge in [0.1, 0.15) is 18.2 Å². The molecule has 3 aromatic rings. The van der Waals surface area contributed by atoms with Crippen LogP contribution in [0.1, 0.15) is 22.6 Å². The van der Waals surface area contributed by atoms with E-state index in [0.29, 0.717) is 29.6 Å². The molecule has 2 N–H and O–H groups in total. The zero-order valence-corrected chi connectivity index (χ0v) is 16.7. The molecule has 0 bridgehead atoms. The number of carbonyl (C=O) groups excluding carboxylic acids is 1. The van der Waals surface area contributed by atoms with Gasteiger partial charge < -0.3 is 15.2 Å². The summed E-state index contributed by atoms with van der Waals surface area (Å²) in [5, 5.41) is 11.9. The summed E-state index contributed by atoms with van der Waals surface area (Å²) in [6.45, 7) is 1.74. The van der Waals surface area contributed by atoms with Gasteiger partial charge in [-0.1, -0.05) is 23.7 Å². The largest absolute Gasteiger partial charge is 0.439 e. The number of rotatable bonds is 8. The number of pyridine rings is 1. The number of aliphatic hydroxyl groups excluding tert-OH is 1. The number of amides is 1. The van der Waals surface area contributed by atoms with Gasteiger partial charge in [-0.25, -0.2) is 15.0 Å². The molecule has 7 nitrogen and oxygen atoms in total. The number of ether oxygens (including phenoxy) is 1. The number of hydrogen-bond acceptors (Lipinski definition) is 6. The number of benzene rings is 1. The van der Waals surface area contributed by atoms with Gasteiger partial charge in [-0.05, 0) is 42.7 Å². The van der Waals surface area contributed by atoms with Gasteiger partial charge in [-0.15, -0.1) is 0 Å². The highest BCUT2D eigenvalue weighted by Gasteiger charge is 2.06. The first-order chi connectivity index (χ1) is 14.0. The van der Waals surface area contributed by atoms with E-state index in [2.05, 4.69) is 20.3 Å². The number of aliphatic hydroxyl groups is 1. The number of hydrogen-bond donors (Lipinski definition) is 2. The zero-order chi connectivity index (χ0) is 20.6. The lowest BCUT2D eigenvalue weighted by atomic mass is 10.1. The van der Waals surface area contributed by atoms with Crippen molar-refractivity contribution in [2.75, 3.05) is 6.61 Å². The number of halogens is 1. The van der Waals surface area contributed by atoms with Crippen LogP contribution in [0, 0.1) is 6.92 Å². The molecule has 2 aromatic heterocycles. The van der Waals surface area contributed by atoms with Crippen molar-refractivity contribution in [3.8, 4) is 11.6 Å². The Labute approximate surface area is 173 Å². The van der Waals surface area contributed by atoms with Gasteiger partial charge in [0.2, 0.25) is 11.8 Å². The van der Waals surface area contributed by atoms with Crippen LogP contribution in [0.3, 0.4) is 0 Å². The van der Waals surface area contributed by atoms with Crippen LogP contribution in [-0.2, 0) is 24.2 Å². The SMILES string of the molecule is Cc1cc(CCc2ncc(Cl)cn2)cc(Oc2ccc(CNC(=O)CO)cc2)n1. The molecule has 0 radical (unpaired) electrons. The predicted molar refractivity (Wildman–Crippen MR) is 109 cm³/mol. The highest BCUT2D eigenvalue weighted by molar-refractivity contribution is 6.30. The lowest BCUT2D eigenvalue weighted by Gasteiger charge is -2.09. The minimum absolute atomic E-state index is 0.347. The zero-order valence-electron chi connectivity index (χ0n) is 15.9. The van der Waals surface area contributed by atoms with E-state index in [4.69, 9.17) is 21.4 Å². The fourth-order valence-electron chi connectivity index (χ4n) is 2.68. The van der Waals surface area contributed by atoms with E-state index < -0.39 is 12.5 Å². The molecule has 0 saturated heterocycles. The van der Waals surface area contributed by atoms with E-state index in [0.717, 1.165) is 29.1 Å². The third-order valence-corrected chi connectivity index (χ3v) is 4.28. The van der Waals surface area contributed by atoms with Crippen LogP contribution in [-0.4, -0.2) is 32.6 Å². The summed E-state index contributed by atoms with van der Waals surface area (Å²) in [6, 6.07) is 11.2. The first-order valence-corrected chi connectivity index (χ1v) is 9.48. The number of nitrogens with one attached hydrogen (secondary N) is 1. The number of carbonyl (C=O) groups is 1. The summed E-state index contributed by atoms with van der Waals surface area (Å²) in [7, 11) is 0. The standard InChI is InChI=1S/C21H21ClN4O3/c1-14-8-16(4-7-19-23-11-17(22)12-24-19)9-21(26-14)29-18-5-2-15(3-6-18)10-25-20(28)13-27/h2-3,5-6,8-9,11-12,27H,4,7,10,13H2,1H3,(H,25,28). The maximum atomic E-state index is 11.1. The van der Waals surface area contributed by atoms with Crippen molar-refractivity contribution in [2.45, 2.75) is 26.3 Å². The summed E-state index contributed by atoms with van der Waals surface area (Å²) in [5.74, 6) is 1.48. The summed E-state index contributed by atoms with van der Waals surface area (Å²) < 4.78 is 5.88. The molecule has 0 fully saturated rings. The Hall–Kier alpha value is -3.03. The summed E-state index contributed by atoms with van der Waals surface area (Å²) >= 11 is 5.82. The number of aryl methyl sites for hydroxylation is 3. The van der Waals surface area contributed by atoms with Crippen molar-refractivity contribution >= 4 is 17.5 Å². The third kappa shape index (κ3) is 6.51. The van der Waals surface area contributed by atoms with E-state index in [1.165, 1.54) is 0 Å². The Kier molecular flexibility index (Phi) is 7.10. The Morgan fingerprint density at radius 1 is 1.10 bits per heavy atom. The Balaban J connectivity index is 1.61. The Morgan fingerprint density at radius 2 is 1.83 bits per heavy atom. The molecule has 0 aliphatic heterocycles. The average Bonchev–Trinajstić information content (AvgIpc) is 2.72. The molecule has 0 atom stereocenters. The molecular weight excluding hydrogens is 392 g/mol. The lowest BCUT2D eigenvalue weighted by Crippen LogP contribution is -2.25. The van der Waals surface area contributed by atoms with Crippen LogP contribution in [0.25, 0.3) is 0 Å². The topological polar surface area (TPSA) is 97.2 Å². The van der Waals surface area contributed by atoms with Gasteiger partial charge in [0.25, 0.3) is 0 Å². The van der Waals surface area contributed by atoms with Crippen molar-refractivity contribution in [3.05, 3.63) is 76.5 Å². The molecule has 29 heavy (non-hydrogen) atoms. The van der Waals surface area contributed by atoms with Crippen molar-refractivity contribution in [1.29, 1.82) is 0 Å². The quantitative estimate of drug-likeness (QED) is 0.590. The van der Waals surface area contributed by atoms with Gasteiger partial charge >= 0.3 is 0 Å². The van der Waals surface area contributed by atoms with E-state index in [1.807, 2.05) is 43.3 Å². The Morgan fingerprint density at radius 3 is 2.52 bits per heavy atom. The number of aromatic nitrogens is 3. The fraction of sp³-hybridized carbons (Fsp3) is 0.238. The van der Waals surface area contributed by atoms with Crippen molar-refractivity contribution in [3.63, 3.8) is 0 Å². The minimum Gasteiger partial charge on any atom is -0.439 e. The summed E-state index contributed by atoms with van der Waals surface area (Å²) in [6.07, 6.45) is 4.63. The first kappa shape index (κ1) is 20.7. The summed E-state index contributed by atoms with van der Waals surface area (Å²) in [4.78, 5) is 24.0. The highest BCUT2D eigenvalue weighted by Crippen LogP contribution is 2.22. The van der Waals surface area contributed by atoms with Crippen LogP contribution in [0.4, 0.5) is 0 Å². The smallest absolute Gasteiger partial charge is 0.245 e. The van der Waals surface area contributed by atoms with E-state index in [9.17, 15) is 4.79 Å². The van der Waals surface area contributed by atoms with Gasteiger partial charge in [0, 0.05) is 37.1 Å². The molecule has 2 heterocycles. The monoisotopic (exact) mass is 412 g/mol. The molecule has 1 aromatic carbocycles. The second kappa shape index (κ2) is 9.95. The molecular formula is C21H21ClN4O3. The highest BCUT2D eigenvalue weighted by atomic mass is 35.5. The van der Waals surface area contributed by atoms with E-state index in [-0.39, 0.29) is 0 Å². The maximum Gasteiger partial charge on any atom is 0.245 e. The molecule has 0 saturated carbocycles. The van der Waals surface area contributed by atoms with Crippen LogP contribution in [0.15, 0.2) is 48.8 Å². The molecule has 0 unspecified atom stereocenters. The molecule has 1 amide bonds. The third-order valence-electron chi connectivity index (χ3n) is 4.08. The van der Waals surface area contributed by atoms with Crippen molar-refractivity contribution < 1.29 is 14.6 Å². The van der Waals surface area contributed by atoms with Crippen LogP contribution < -0.4 is 10.1 Å². The van der Waals surface area contributed by atoms with E-state index >= 15 is 0 Å². The normalized spacial score (nSPS) is 10.6. The van der Waals surface area contributed by atoms with Crippen LogP contribution in [0.2, 0.25) is 5.02 Å². The molecule has 0 spiro atoms. The van der Waals surface area contributed by atoms with Gasteiger partial charge in [-0.3, -0.25) is 4.79 Å². The van der Waals surface area contributed by atoms with Gasteiger partial charge in [-0.2, -0.15) is 0 Å². The summed E-state index contributed by atoms with van der Waals surface area (Å²) in [5.41, 5.74) is 2.84. The number of nitrogens with zero attached hydrogens (tertiary/aromatic N) is 3. The first-order valence-electron chi connectivity index (χ1n) is 9.10. The minimum atomic E-state index is -0.521. The molecule has 0 aliphatic rings. The second-order valence-electron chi connectivity index (χ2n) is 6.45. The van der Waals surface area contributed by atoms with Crippen LogP contribution in [0.5, 0.6) is 11.6 Å². The molecule has 8 heteroatoms.